The maximum absolute atomic E-state index is 10.0. The lowest BCUT2D eigenvalue weighted by molar-refractivity contribution is 0.169. The maximum atomic E-state index is 10.0. The molecule has 0 saturated heterocycles. The van der Waals surface area contributed by atoms with Crippen molar-refractivity contribution in [3.63, 3.8) is 0 Å². The van der Waals surface area contributed by atoms with Crippen LogP contribution >= 0.6 is 0 Å². The van der Waals surface area contributed by atoms with Crippen LogP contribution in [-0.2, 0) is 0 Å². The van der Waals surface area contributed by atoms with Crippen molar-refractivity contribution in [1.82, 2.24) is 0 Å². The normalized spacial score (nSPS) is 20.5. The van der Waals surface area contributed by atoms with Gasteiger partial charge < -0.3 is 15.6 Å². The third-order valence-corrected chi connectivity index (χ3v) is 3.76. The number of ether oxygens (including phenoxy) is 1. The molecule has 0 radical (unpaired) electrons. The summed E-state index contributed by atoms with van der Waals surface area (Å²) in [5, 5.41) is 10.0. The second-order valence-corrected chi connectivity index (χ2v) is 5.31. The first kappa shape index (κ1) is 11.7. The van der Waals surface area contributed by atoms with E-state index in [0.29, 0.717) is 11.5 Å². The Morgan fingerprint density at radius 2 is 2.16 bits per heavy atom. The molecule has 3 N–H and O–H groups in total. The van der Waals surface area contributed by atoms with Crippen molar-refractivity contribution in [2.75, 3.05) is 13.1 Å². The molecule has 1 fully saturated rings. The van der Waals surface area contributed by atoms with E-state index in [1.165, 1.54) is 32.1 Å². The highest BCUT2D eigenvalue weighted by atomic mass is 16.5. The lowest BCUT2D eigenvalue weighted by Gasteiger charge is -2.22. The predicted molar refractivity (Wildman–Crippen MR) is 77.1 cm³/mol. The molecule has 0 spiro atoms. The molecule has 0 aromatic heterocycles. The van der Waals surface area contributed by atoms with Crippen molar-refractivity contribution < 1.29 is 12.6 Å². The molecule has 1 unspecified atom stereocenters. The largest absolute Gasteiger partial charge is 0.493 e. The van der Waals surface area contributed by atoms with Crippen molar-refractivity contribution in [1.29, 1.82) is 0 Å². The molecule has 3 nitrogen and oxygen atoms in total. The highest BCUT2D eigenvalue weighted by Crippen LogP contribution is 2.26. The minimum Gasteiger partial charge on any atom is -0.493 e. The van der Waals surface area contributed by atoms with Crippen LogP contribution in [0.3, 0.4) is 0 Å². The molecule has 0 aliphatic heterocycles. The second kappa shape index (κ2) is 7.51. The highest BCUT2D eigenvalue weighted by molar-refractivity contribution is 5.29. The van der Waals surface area contributed by atoms with Crippen LogP contribution in [0.15, 0.2) is 24.3 Å². The van der Waals surface area contributed by atoms with Crippen LogP contribution in [-0.4, -0.2) is 18.2 Å². The molecule has 1 saturated carbocycles. The van der Waals surface area contributed by atoms with Gasteiger partial charge in [-0.05, 0) is 49.4 Å². The Bertz CT molecular complexity index is 442. The molecule has 1 aromatic carbocycles. The van der Waals surface area contributed by atoms with Crippen LogP contribution in [0.1, 0.15) is 52.9 Å². The van der Waals surface area contributed by atoms with Crippen molar-refractivity contribution >= 4 is 0 Å². The standard InChI is InChI=1S/C16H25NO2/c17-10-9-16(18)14-7-4-8-15(11-14)19-12-13-5-2-1-3-6-13/h4,7-8,11,13,16,18H,1-3,5-6,9-10,12,17H2/i10D2. The van der Waals surface area contributed by atoms with Crippen LogP contribution in [0.5, 0.6) is 5.75 Å². The monoisotopic (exact) mass is 265 g/mol. The summed E-state index contributed by atoms with van der Waals surface area (Å²) in [4.78, 5) is 0. The summed E-state index contributed by atoms with van der Waals surface area (Å²) in [5.41, 5.74) is 5.95. The van der Waals surface area contributed by atoms with Crippen LogP contribution in [0.2, 0.25) is 0 Å². The fraction of sp³-hybridized carbons (Fsp3) is 0.625. The zero-order valence-electron chi connectivity index (χ0n) is 13.3. The highest BCUT2D eigenvalue weighted by Gasteiger charge is 2.14. The molecule has 106 valence electrons. The molecule has 2 rings (SSSR count). The fourth-order valence-electron chi connectivity index (χ4n) is 2.61. The van der Waals surface area contributed by atoms with Gasteiger partial charge in [0.1, 0.15) is 5.75 Å². The van der Waals surface area contributed by atoms with E-state index in [0.717, 1.165) is 12.4 Å². The molecule has 19 heavy (non-hydrogen) atoms. The fourth-order valence-corrected chi connectivity index (χ4v) is 2.61. The number of rotatable bonds is 6. The van der Waals surface area contributed by atoms with Gasteiger partial charge in [-0.25, -0.2) is 0 Å². The third kappa shape index (κ3) is 4.51. The Kier molecular flexibility index (Phi) is 4.64. The first-order valence-electron chi connectivity index (χ1n) is 8.14. The summed E-state index contributed by atoms with van der Waals surface area (Å²) in [6, 6.07) is 7.24. The zero-order chi connectivity index (χ0) is 15.3. The van der Waals surface area contributed by atoms with E-state index in [1.54, 1.807) is 12.1 Å². The lowest BCUT2D eigenvalue weighted by atomic mass is 9.90. The topological polar surface area (TPSA) is 55.5 Å². The van der Waals surface area contributed by atoms with Gasteiger partial charge >= 0.3 is 0 Å². The quantitative estimate of drug-likeness (QED) is 0.831. The lowest BCUT2D eigenvalue weighted by Crippen LogP contribution is -2.15. The molecule has 0 amide bonds. The van der Waals surface area contributed by atoms with E-state index < -0.39 is 12.6 Å². The van der Waals surface area contributed by atoms with E-state index in [4.69, 9.17) is 13.2 Å². The summed E-state index contributed by atoms with van der Waals surface area (Å²) in [6.45, 7) is -1.16. The molecule has 1 atom stereocenters. The van der Waals surface area contributed by atoms with Crippen LogP contribution in [0, 0.1) is 5.92 Å². The van der Waals surface area contributed by atoms with Crippen molar-refractivity contribution in [2.24, 2.45) is 11.7 Å². The van der Waals surface area contributed by atoms with E-state index in [1.807, 2.05) is 12.1 Å². The summed E-state index contributed by atoms with van der Waals surface area (Å²) in [6.07, 6.45) is 5.34. The SMILES string of the molecule is [2H]C([2H])(N)CC(O)c1cccc(OCC2CCCCC2)c1. The first-order chi connectivity index (χ1) is 9.94. The average Bonchev–Trinajstić information content (AvgIpc) is 2.45. The zero-order valence-corrected chi connectivity index (χ0v) is 11.3. The number of hydrogen-bond acceptors (Lipinski definition) is 3. The minimum absolute atomic E-state index is 0.126. The van der Waals surface area contributed by atoms with Gasteiger partial charge in [-0.3, -0.25) is 0 Å². The van der Waals surface area contributed by atoms with Crippen LogP contribution < -0.4 is 10.5 Å². The van der Waals surface area contributed by atoms with Crippen molar-refractivity contribution in [3.05, 3.63) is 29.8 Å². The van der Waals surface area contributed by atoms with Gasteiger partial charge in [0.05, 0.1) is 12.7 Å². The molecule has 0 heterocycles. The van der Waals surface area contributed by atoms with Gasteiger partial charge in [0.25, 0.3) is 0 Å². The summed E-state index contributed by atoms with van der Waals surface area (Å²) in [5.74, 6) is 1.36. The molecule has 1 aromatic rings. The van der Waals surface area contributed by atoms with Gasteiger partial charge in [-0.15, -0.1) is 0 Å². The summed E-state index contributed by atoms with van der Waals surface area (Å²) >= 11 is 0. The van der Waals surface area contributed by atoms with E-state index in [9.17, 15) is 5.11 Å². The second-order valence-electron chi connectivity index (χ2n) is 5.31. The number of aliphatic hydroxyl groups is 1. The Hall–Kier alpha value is -1.06. The van der Waals surface area contributed by atoms with Crippen molar-refractivity contribution in [3.8, 4) is 5.75 Å². The molecule has 0 bridgehead atoms. The predicted octanol–water partition coefficient (Wildman–Crippen LogP) is 3.03. The molecular formula is C16H25NO2. The maximum Gasteiger partial charge on any atom is 0.119 e. The summed E-state index contributed by atoms with van der Waals surface area (Å²) in [7, 11) is 0. The molecule has 1 aliphatic rings. The van der Waals surface area contributed by atoms with Crippen LogP contribution in [0.25, 0.3) is 0 Å². The van der Waals surface area contributed by atoms with Crippen LogP contribution in [0.4, 0.5) is 0 Å². The number of benzene rings is 1. The van der Waals surface area contributed by atoms with E-state index in [-0.39, 0.29) is 6.42 Å². The Morgan fingerprint density at radius 1 is 1.37 bits per heavy atom. The van der Waals surface area contributed by atoms with Gasteiger partial charge in [-0.2, -0.15) is 0 Å². The Morgan fingerprint density at radius 3 is 2.89 bits per heavy atom. The van der Waals surface area contributed by atoms with Gasteiger partial charge in [0.15, 0.2) is 0 Å². The van der Waals surface area contributed by atoms with Gasteiger partial charge in [0, 0.05) is 2.74 Å². The minimum atomic E-state index is -1.88. The van der Waals surface area contributed by atoms with Gasteiger partial charge in [0.2, 0.25) is 0 Å². The van der Waals surface area contributed by atoms with E-state index in [2.05, 4.69) is 0 Å². The van der Waals surface area contributed by atoms with Gasteiger partial charge in [-0.1, -0.05) is 31.4 Å². The molecule has 1 aliphatic carbocycles. The average molecular weight is 265 g/mol. The number of aliphatic hydroxyl groups excluding tert-OH is 1. The Balaban J connectivity index is 1.90. The number of nitrogens with two attached hydrogens (primary N) is 1. The Labute approximate surface area is 118 Å². The smallest absolute Gasteiger partial charge is 0.119 e. The molecular weight excluding hydrogens is 238 g/mol. The molecule has 3 heteroatoms. The summed E-state index contributed by atoms with van der Waals surface area (Å²) < 4.78 is 20.5. The first-order valence-corrected chi connectivity index (χ1v) is 7.14. The van der Waals surface area contributed by atoms with E-state index >= 15 is 0 Å². The third-order valence-electron chi connectivity index (χ3n) is 3.76. The number of hydrogen-bond donors (Lipinski definition) is 2. The van der Waals surface area contributed by atoms with Crippen molar-refractivity contribution in [2.45, 2.75) is 44.6 Å².